The molecule has 0 bridgehead atoms. The van der Waals surface area contributed by atoms with Gasteiger partial charge >= 0.3 is 6.18 Å². The van der Waals surface area contributed by atoms with Gasteiger partial charge in [-0.05, 0) is 36.4 Å². The fourth-order valence-corrected chi connectivity index (χ4v) is 3.39. The van der Waals surface area contributed by atoms with E-state index in [9.17, 15) is 18.0 Å². The van der Waals surface area contributed by atoms with Crippen LogP contribution in [0.15, 0.2) is 48.7 Å². The second-order valence-corrected chi connectivity index (χ2v) is 5.79. The van der Waals surface area contributed by atoms with E-state index in [2.05, 4.69) is 4.98 Å². The van der Waals surface area contributed by atoms with Crippen LogP contribution in [0.3, 0.4) is 0 Å². The summed E-state index contributed by atoms with van der Waals surface area (Å²) >= 11 is 1.41. The molecule has 0 saturated carbocycles. The van der Waals surface area contributed by atoms with Crippen molar-refractivity contribution in [3.05, 3.63) is 59.9 Å². The van der Waals surface area contributed by atoms with Crippen molar-refractivity contribution in [1.82, 2.24) is 4.98 Å². The van der Waals surface area contributed by atoms with Gasteiger partial charge in [0.25, 0.3) is 0 Å². The zero-order valence-electron chi connectivity index (χ0n) is 11.2. The first-order valence-corrected chi connectivity index (χ1v) is 7.53. The normalized spacial score (nSPS) is 18.8. The first-order valence-electron chi connectivity index (χ1n) is 6.48. The average Bonchev–Trinajstić information content (AvgIpc) is 2.89. The third-order valence-electron chi connectivity index (χ3n) is 3.28. The molecule has 3 nitrogen and oxygen atoms in total. The zero-order valence-corrected chi connectivity index (χ0v) is 12.1. The maximum atomic E-state index is 12.6. The maximum Gasteiger partial charge on any atom is 0.416 e. The van der Waals surface area contributed by atoms with Gasteiger partial charge < -0.3 is 0 Å². The minimum absolute atomic E-state index is 0.139. The van der Waals surface area contributed by atoms with Crippen LogP contribution in [0.2, 0.25) is 0 Å². The van der Waals surface area contributed by atoms with Crippen molar-refractivity contribution >= 4 is 23.4 Å². The Labute approximate surface area is 129 Å². The molecule has 2 heterocycles. The Morgan fingerprint density at radius 1 is 1.14 bits per heavy atom. The number of benzene rings is 1. The molecule has 0 aliphatic carbocycles. The highest BCUT2D eigenvalue weighted by Gasteiger charge is 2.36. The largest absolute Gasteiger partial charge is 0.416 e. The number of halogens is 3. The summed E-state index contributed by atoms with van der Waals surface area (Å²) in [5.41, 5.74) is 0.418. The van der Waals surface area contributed by atoms with Gasteiger partial charge in [0.2, 0.25) is 5.91 Å². The minimum Gasteiger partial charge on any atom is -0.293 e. The maximum absolute atomic E-state index is 12.6. The van der Waals surface area contributed by atoms with E-state index in [4.69, 9.17) is 0 Å². The number of carbonyl (C=O) groups is 1. The van der Waals surface area contributed by atoms with Crippen LogP contribution in [0.4, 0.5) is 18.9 Å². The second kappa shape index (κ2) is 5.64. The predicted molar refractivity (Wildman–Crippen MR) is 78.4 cm³/mol. The Kier molecular flexibility index (Phi) is 3.82. The van der Waals surface area contributed by atoms with E-state index in [-0.39, 0.29) is 17.0 Å². The van der Waals surface area contributed by atoms with Crippen molar-refractivity contribution in [1.29, 1.82) is 0 Å². The van der Waals surface area contributed by atoms with Gasteiger partial charge in [-0.15, -0.1) is 11.8 Å². The van der Waals surface area contributed by atoms with Gasteiger partial charge in [-0.3, -0.25) is 14.7 Å². The number of thioether (sulfide) groups is 1. The molecule has 0 radical (unpaired) electrons. The third kappa shape index (κ3) is 2.81. The van der Waals surface area contributed by atoms with Gasteiger partial charge in [0.05, 0.1) is 17.0 Å². The quantitative estimate of drug-likeness (QED) is 0.840. The van der Waals surface area contributed by atoms with Gasteiger partial charge in [0, 0.05) is 11.9 Å². The van der Waals surface area contributed by atoms with Gasteiger partial charge in [-0.1, -0.05) is 6.07 Å². The van der Waals surface area contributed by atoms with Crippen LogP contribution in [0.5, 0.6) is 0 Å². The molecule has 2 aromatic rings. The molecule has 1 aromatic heterocycles. The van der Waals surface area contributed by atoms with Crippen LogP contribution in [-0.4, -0.2) is 16.6 Å². The number of hydrogen-bond donors (Lipinski definition) is 0. The molecule has 1 aliphatic heterocycles. The molecule has 7 heteroatoms. The molecule has 1 atom stereocenters. The van der Waals surface area contributed by atoms with Crippen LogP contribution in [0.1, 0.15) is 16.6 Å². The summed E-state index contributed by atoms with van der Waals surface area (Å²) in [5.74, 6) is 0.142. The first kappa shape index (κ1) is 14.9. The minimum atomic E-state index is -4.39. The fourth-order valence-electron chi connectivity index (χ4n) is 2.26. The zero-order chi connectivity index (χ0) is 15.7. The molecule has 0 unspecified atom stereocenters. The topological polar surface area (TPSA) is 33.2 Å². The molecule has 0 spiro atoms. The molecule has 3 rings (SSSR count). The summed E-state index contributed by atoms with van der Waals surface area (Å²) in [5, 5.41) is -0.314. The summed E-state index contributed by atoms with van der Waals surface area (Å²) in [6, 6.07) is 10.0. The molecular weight excluding hydrogens is 313 g/mol. The molecule has 0 N–H and O–H groups in total. The number of pyridine rings is 1. The molecular formula is C15H11F3N2OS. The summed E-state index contributed by atoms with van der Waals surface area (Å²) in [4.78, 5) is 17.8. The lowest BCUT2D eigenvalue weighted by molar-refractivity contribution is -0.137. The van der Waals surface area contributed by atoms with E-state index in [1.54, 1.807) is 18.3 Å². The molecule has 1 aromatic carbocycles. The molecule has 1 saturated heterocycles. The van der Waals surface area contributed by atoms with Crippen molar-refractivity contribution < 1.29 is 18.0 Å². The van der Waals surface area contributed by atoms with Crippen molar-refractivity contribution in [3.63, 3.8) is 0 Å². The van der Waals surface area contributed by atoms with Crippen molar-refractivity contribution in [2.24, 2.45) is 0 Å². The predicted octanol–water partition coefficient (Wildman–Crippen LogP) is 3.88. The summed E-state index contributed by atoms with van der Waals surface area (Å²) in [7, 11) is 0. The fraction of sp³-hybridized carbons (Fsp3) is 0.200. The van der Waals surface area contributed by atoms with E-state index in [0.29, 0.717) is 11.4 Å². The van der Waals surface area contributed by atoms with E-state index in [1.807, 2.05) is 6.07 Å². The lowest BCUT2D eigenvalue weighted by atomic mass is 10.2. The van der Waals surface area contributed by atoms with E-state index in [0.717, 1.165) is 12.1 Å². The number of hydrogen-bond acceptors (Lipinski definition) is 3. The van der Waals surface area contributed by atoms with E-state index >= 15 is 0 Å². The van der Waals surface area contributed by atoms with E-state index < -0.39 is 11.7 Å². The Balaban J connectivity index is 1.93. The molecule has 1 amide bonds. The lowest BCUT2D eigenvalue weighted by Crippen LogP contribution is -2.28. The Morgan fingerprint density at radius 2 is 1.86 bits per heavy atom. The van der Waals surface area contributed by atoms with Crippen LogP contribution >= 0.6 is 11.8 Å². The van der Waals surface area contributed by atoms with Crippen LogP contribution < -0.4 is 4.90 Å². The number of aromatic nitrogens is 1. The standard InChI is InChI=1S/C15H11F3N2OS/c16-15(17,18)10-4-6-11(7-5-10)20-13(21)9-22-14(20)12-3-1-2-8-19-12/h1-8,14H,9H2/t14-/m0/s1. The SMILES string of the molecule is O=C1CS[C@@H](c2ccccn2)N1c1ccc(C(F)(F)F)cc1. The number of carbonyl (C=O) groups excluding carboxylic acids is 1. The van der Waals surface area contributed by atoms with Crippen molar-refractivity contribution in [2.45, 2.75) is 11.6 Å². The summed E-state index contributed by atoms with van der Waals surface area (Å²) in [6.07, 6.45) is -2.76. The number of alkyl halides is 3. The number of nitrogens with zero attached hydrogens (tertiary/aromatic N) is 2. The Bertz CT molecular complexity index is 673. The lowest BCUT2D eigenvalue weighted by Gasteiger charge is -2.23. The monoisotopic (exact) mass is 324 g/mol. The van der Waals surface area contributed by atoms with Crippen LogP contribution in [-0.2, 0) is 11.0 Å². The van der Waals surface area contributed by atoms with Crippen LogP contribution in [0, 0.1) is 0 Å². The van der Waals surface area contributed by atoms with Gasteiger partial charge in [0.1, 0.15) is 5.37 Å². The molecule has 114 valence electrons. The third-order valence-corrected chi connectivity index (χ3v) is 4.46. The first-order chi connectivity index (χ1) is 10.5. The number of anilines is 1. The highest BCUT2D eigenvalue weighted by atomic mass is 32.2. The second-order valence-electron chi connectivity index (χ2n) is 4.73. The smallest absolute Gasteiger partial charge is 0.293 e. The Hall–Kier alpha value is -2.02. The number of amides is 1. The van der Waals surface area contributed by atoms with Crippen LogP contribution in [0.25, 0.3) is 0 Å². The molecule has 1 aliphatic rings. The van der Waals surface area contributed by atoms with Gasteiger partial charge in [-0.25, -0.2) is 0 Å². The molecule has 22 heavy (non-hydrogen) atoms. The van der Waals surface area contributed by atoms with Gasteiger partial charge in [-0.2, -0.15) is 13.2 Å². The average molecular weight is 324 g/mol. The van der Waals surface area contributed by atoms with Crippen molar-refractivity contribution in [3.8, 4) is 0 Å². The Morgan fingerprint density at radius 3 is 2.45 bits per heavy atom. The summed E-state index contributed by atoms with van der Waals surface area (Å²) in [6.45, 7) is 0. The van der Waals surface area contributed by atoms with E-state index in [1.165, 1.54) is 28.8 Å². The van der Waals surface area contributed by atoms with Gasteiger partial charge in [0.15, 0.2) is 0 Å². The van der Waals surface area contributed by atoms with Crippen molar-refractivity contribution in [2.75, 3.05) is 10.7 Å². The number of rotatable bonds is 2. The highest BCUT2D eigenvalue weighted by Crippen LogP contribution is 2.41. The summed E-state index contributed by atoms with van der Waals surface area (Å²) < 4.78 is 37.9. The highest BCUT2D eigenvalue weighted by molar-refractivity contribution is 8.00. The molecule has 1 fully saturated rings.